The van der Waals surface area contributed by atoms with Gasteiger partial charge in [0.1, 0.15) is 5.76 Å². The Kier molecular flexibility index (Phi) is 8.20. The summed E-state index contributed by atoms with van der Waals surface area (Å²) in [6, 6.07) is 18.0. The molecule has 0 radical (unpaired) electrons. The van der Waals surface area contributed by atoms with Gasteiger partial charge in [0.25, 0.3) is 5.76 Å². The quantitative estimate of drug-likeness (QED) is 0.413. The van der Waals surface area contributed by atoms with Crippen molar-refractivity contribution in [3.63, 3.8) is 0 Å². The molecule has 1 N–H and O–H groups in total. The van der Waals surface area contributed by atoms with Crippen LogP contribution in [0.3, 0.4) is 0 Å². The molecule has 0 fully saturated rings. The molecule has 0 aliphatic heterocycles. The molecule has 0 atom stereocenters. The molecule has 1 amide bonds. The second-order valence-electron chi connectivity index (χ2n) is 6.56. The van der Waals surface area contributed by atoms with Crippen molar-refractivity contribution < 1.29 is 26.4 Å². The molecule has 6 nitrogen and oxygen atoms in total. The van der Waals surface area contributed by atoms with Crippen molar-refractivity contribution in [1.82, 2.24) is 4.31 Å². The lowest BCUT2D eigenvalue weighted by molar-refractivity contribution is -0.116. The summed E-state index contributed by atoms with van der Waals surface area (Å²) in [6.45, 7) is -0.596. The molecule has 3 aromatic rings. The third-order valence-corrected chi connectivity index (χ3v) is 6.37. The van der Waals surface area contributed by atoms with Crippen LogP contribution in [0.15, 0.2) is 87.7 Å². The average Bonchev–Trinajstić information content (AvgIpc) is 3.27. The van der Waals surface area contributed by atoms with Crippen molar-refractivity contribution in [2.24, 2.45) is 0 Å². The highest BCUT2D eigenvalue weighted by Crippen LogP contribution is 2.26. The lowest BCUT2D eigenvalue weighted by Gasteiger charge is -2.19. The number of hydrogen-bond acceptors (Lipinski definition) is 5. The van der Waals surface area contributed by atoms with Gasteiger partial charge in [0.15, 0.2) is 0 Å². The second kappa shape index (κ2) is 11.1. The lowest BCUT2D eigenvalue weighted by Crippen LogP contribution is -2.36. The summed E-state index contributed by atoms with van der Waals surface area (Å²) in [4.78, 5) is 12.9. The molecule has 1 heterocycles. The summed E-state index contributed by atoms with van der Waals surface area (Å²) in [5, 5.41) is 3.62. The first-order valence-corrected chi connectivity index (χ1v) is 11.8. The van der Waals surface area contributed by atoms with Gasteiger partial charge in [0, 0.05) is 16.0 Å². The number of nitrogens with zero attached hydrogens (tertiary/aromatic N) is 1. The van der Waals surface area contributed by atoms with Crippen LogP contribution in [0.5, 0.6) is 0 Å². The van der Waals surface area contributed by atoms with Crippen molar-refractivity contribution in [1.29, 1.82) is 0 Å². The summed E-state index contributed by atoms with van der Waals surface area (Å²) >= 11 is 0.394. The number of alkyl halides is 2. The molecule has 3 rings (SSSR count). The lowest BCUT2D eigenvalue weighted by atomic mass is 10.2. The van der Waals surface area contributed by atoms with Crippen LogP contribution in [0, 0.1) is 0 Å². The Labute approximate surface area is 189 Å². The van der Waals surface area contributed by atoms with Crippen molar-refractivity contribution in [2.45, 2.75) is 17.2 Å². The largest absolute Gasteiger partial charge is 0.468 e. The van der Waals surface area contributed by atoms with Gasteiger partial charge in [-0.3, -0.25) is 4.79 Å². The van der Waals surface area contributed by atoms with Crippen LogP contribution < -0.4 is 5.32 Å². The van der Waals surface area contributed by atoms with E-state index in [9.17, 15) is 22.0 Å². The van der Waals surface area contributed by atoms with Crippen molar-refractivity contribution in [2.75, 3.05) is 11.9 Å². The Morgan fingerprint density at radius 2 is 1.78 bits per heavy atom. The molecule has 1 aromatic heterocycles. The van der Waals surface area contributed by atoms with E-state index < -0.39 is 28.2 Å². The Morgan fingerprint density at radius 1 is 1.06 bits per heavy atom. The summed E-state index contributed by atoms with van der Waals surface area (Å²) in [7, 11) is -3.96. The van der Waals surface area contributed by atoms with Crippen molar-refractivity contribution in [3.05, 3.63) is 89.7 Å². The molecule has 0 saturated heterocycles. The van der Waals surface area contributed by atoms with Crippen LogP contribution in [-0.2, 0) is 21.4 Å². The highest BCUT2D eigenvalue weighted by atomic mass is 32.2. The van der Waals surface area contributed by atoms with E-state index in [1.54, 1.807) is 36.4 Å². The molecular formula is C22H20F2N2O4S2. The van der Waals surface area contributed by atoms with E-state index in [0.717, 1.165) is 9.71 Å². The molecule has 0 bridgehead atoms. The van der Waals surface area contributed by atoms with Crippen molar-refractivity contribution >= 4 is 39.5 Å². The molecule has 0 saturated carbocycles. The Bertz CT molecular complexity index is 1130. The molecule has 10 heteroatoms. The van der Waals surface area contributed by atoms with Crippen LogP contribution in [0.4, 0.5) is 14.5 Å². The van der Waals surface area contributed by atoms with Gasteiger partial charge in [-0.05, 0) is 48.0 Å². The number of hydrogen-bond donors (Lipinski definition) is 1. The summed E-state index contributed by atoms with van der Waals surface area (Å²) in [5.74, 6) is -2.75. The van der Waals surface area contributed by atoms with Gasteiger partial charge in [-0.1, -0.05) is 42.1 Å². The predicted octanol–water partition coefficient (Wildman–Crippen LogP) is 5.04. The number of rotatable bonds is 10. The number of nitrogens with one attached hydrogen (secondary N) is 1. The van der Waals surface area contributed by atoms with E-state index in [0.29, 0.717) is 33.7 Å². The number of anilines is 1. The SMILES string of the molecule is O=C(CN(Cc1ccco1)S(=O)(=O)/C=C/c1ccccc1)Nc1ccc(SC(F)F)cc1. The first-order valence-electron chi connectivity index (χ1n) is 9.42. The van der Waals surface area contributed by atoms with E-state index in [1.165, 1.54) is 36.6 Å². The first kappa shape index (κ1) is 23.7. The van der Waals surface area contributed by atoms with Gasteiger partial charge < -0.3 is 9.73 Å². The topological polar surface area (TPSA) is 79.6 Å². The fourth-order valence-electron chi connectivity index (χ4n) is 2.71. The Morgan fingerprint density at radius 3 is 2.41 bits per heavy atom. The van der Waals surface area contributed by atoms with Crippen LogP contribution in [0.2, 0.25) is 0 Å². The maximum absolute atomic E-state index is 12.9. The van der Waals surface area contributed by atoms with Gasteiger partial charge in [0.05, 0.1) is 19.4 Å². The zero-order valence-corrected chi connectivity index (χ0v) is 18.4. The molecule has 0 aliphatic rings. The fourth-order valence-corrected chi connectivity index (χ4v) is 4.31. The summed E-state index contributed by atoms with van der Waals surface area (Å²) in [5.41, 5.74) is 1.06. The number of carbonyl (C=O) groups is 1. The minimum Gasteiger partial charge on any atom is -0.468 e. The number of carbonyl (C=O) groups excluding carboxylic acids is 1. The molecule has 0 spiro atoms. The molecule has 32 heavy (non-hydrogen) atoms. The van der Waals surface area contributed by atoms with Gasteiger partial charge in [-0.25, -0.2) is 8.42 Å². The number of benzene rings is 2. The molecule has 2 aromatic carbocycles. The monoisotopic (exact) mass is 478 g/mol. The zero-order chi connectivity index (χ0) is 23.0. The average molecular weight is 479 g/mol. The molecule has 168 valence electrons. The van der Waals surface area contributed by atoms with Crippen LogP contribution in [0.1, 0.15) is 11.3 Å². The van der Waals surface area contributed by atoms with Gasteiger partial charge in [-0.2, -0.15) is 13.1 Å². The minimum atomic E-state index is -3.96. The number of amides is 1. The highest BCUT2D eigenvalue weighted by molar-refractivity contribution is 7.99. The number of halogens is 2. The maximum Gasteiger partial charge on any atom is 0.288 e. The van der Waals surface area contributed by atoms with Gasteiger partial charge in [-0.15, -0.1) is 0 Å². The number of furan rings is 1. The van der Waals surface area contributed by atoms with E-state index in [1.807, 2.05) is 6.07 Å². The predicted molar refractivity (Wildman–Crippen MR) is 120 cm³/mol. The van der Waals surface area contributed by atoms with E-state index in [2.05, 4.69) is 5.32 Å². The standard InChI is InChI=1S/C22H20F2N2O4S2/c23-22(24)31-20-10-8-18(9-11-20)25-21(27)16-26(15-19-7-4-13-30-19)32(28,29)14-12-17-5-2-1-3-6-17/h1-14,22H,15-16H2,(H,25,27)/b14-12+. The minimum absolute atomic E-state index is 0.133. The third kappa shape index (κ3) is 7.33. The van der Waals surface area contributed by atoms with Crippen LogP contribution in [0.25, 0.3) is 6.08 Å². The summed E-state index contributed by atoms with van der Waals surface area (Å²) in [6.07, 6.45) is 2.86. The zero-order valence-electron chi connectivity index (χ0n) is 16.7. The molecular weight excluding hydrogens is 458 g/mol. The number of thioether (sulfide) groups is 1. The van der Waals surface area contributed by atoms with E-state index >= 15 is 0 Å². The maximum atomic E-state index is 12.9. The van der Waals surface area contributed by atoms with Gasteiger partial charge >= 0.3 is 0 Å². The van der Waals surface area contributed by atoms with Gasteiger partial charge in [0.2, 0.25) is 15.9 Å². The third-order valence-electron chi connectivity index (χ3n) is 4.19. The molecule has 0 aliphatic carbocycles. The highest BCUT2D eigenvalue weighted by Gasteiger charge is 2.24. The van der Waals surface area contributed by atoms with E-state index in [-0.39, 0.29) is 6.54 Å². The molecule has 0 unspecified atom stereocenters. The number of sulfonamides is 1. The van der Waals surface area contributed by atoms with E-state index in [4.69, 9.17) is 4.42 Å². The fraction of sp³-hybridized carbons (Fsp3) is 0.136. The Balaban J connectivity index is 1.72. The smallest absolute Gasteiger partial charge is 0.288 e. The Hall–Kier alpha value is -2.95. The summed E-state index contributed by atoms with van der Waals surface area (Å²) < 4.78 is 56.9. The second-order valence-corrected chi connectivity index (χ2v) is 9.44. The first-order chi connectivity index (χ1) is 15.3. The van der Waals surface area contributed by atoms with Crippen LogP contribution >= 0.6 is 11.8 Å². The van der Waals surface area contributed by atoms with Crippen molar-refractivity contribution in [3.8, 4) is 0 Å². The van der Waals surface area contributed by atoms with Crippen LogP contribution in [-0.4, -0.2) is 30.9 Å². The normalized spacial score (nSPS) is 12.0.